The number of phenolic OH excluding ortho intramolecular Hbond substituents is 1. The van der Waals surface area contributed by atoms with Crippen molar-refractivity contribution < 1.29 is 24.1 Å². The van der Waals surface area contributed by atoms with Gasteiger partial charge in [0, 0.05) is 25.7 Å². The number of aromatic hydroxyl groups is 1. The molecule has 2 aromatic rings. The molecular formula is C32H44N2O5S. The van der Waals surface area contributed by atoms with Gasteiger partial charge in [-0.3, -0.25) is 4.79 Å². The van der Waals surface area contributed by atoms with Crippen LogP contribution in [0.25, 0.3) is 0 Å². The maximum absolute atomic E-state index is 13.0. The Labute approximate surface area is 243 Å². The van der Waals surface area contributed by atoms with Crippen molar-refractivity contribution in [2.24, 2.45) is 0 Å². The van der Waals surface area contributed by atoms with Crippen LogP contribution in [0.15, 0.2) is 30.3 Å². The lowest BCUT2D eigenvalue weighted by atomic mass is 9.78. The number of piperidine rings is 1. The molecule has 218 valence electrons. The molecule has 3 aliphatic rings. The molecule has 0 spiro atoms. The quantitative estimate of drug-likeness (QED) is 0.425. The minimum absolute atomic E-state index is 0.0175. The Morgan fingerprint density at radius 1 is 0.950 bits per heavy atom. The van der Waals surface area contributed by atoms with Crippen LogP contribution in [0.5, 0.6) is 23.0 Å². The van der Waals surface area contributed by atoms with E-state index in [2.05, 4.69) is 58.6 Å². The van der Waals surface area contributed by atoms with E-state index >= 15 is 0 Å². The standard InChI is InChI=1S/C32H44N2O5S/c1-31(2,3)24-16-21(17-25(29(24)36)32(4,5)6)30-34(28(35)19-40-30)13-7-12-33-14-10-22(11-15-33)39-23-8-9-26-27(18-23)38-20-37-26/h8-9,16-18,22,30,36H,7,10-15,19-20H2,1-6H3. The fourth-order valence-corrected chi connectivity index (χ4v) is 6.97. The maximum Gasteiger partial charge on any atom is 0.233 e. The molecule has 0 aliphatic carbocycles. The number of carbonyl (C=O) groups is 1. The van der Waals surface area contributed by atoms with Crippen LogP contribution in [0.2, 0.25) is 0 Å². The van der Waals surface area contributed by atoms with Crippen LogP contribution in [0, 0.1) is 0 Å². The summed E-state index contributed by atoms with van der Waals surface area (Å²) in [5, 5.41) is 11.1. The summed E-state index contributed by atoms with van der Waals surface area (Å²) in [6.45, 7) is 16.7. The van der Waals surface area contributed by atoms with Crippen LogP contribution >= 0.6 is 11.8 Å². The van der Waals surface area contributed by atoms with Crippen LogP contribution in [-0.2, 0) is 15.6 Å². The number of hydrogen-bond acceptors (Lipinski definition) is 7. The molecule has 0 aromatic heterocycles. The van der Waals surface area contributed by atoms with Gasteiger partial charge in [-0.1, -0.05) is 41.5 Å². The number of likely N-dealkylation sites (tertiary alicyclic amines) is 1. The SMILES string of the molecule is CC(C)(C)c1cc(C2SCC(=O)N2CCCN2CCC(Oc3ccc4c(c3)OCO4)CC2)cc(C(C)(C)C)c1O. The summed E-state index contributed by atoms with van der Waals surface area (Å²) < 4.78 is 17.1. The predicted molar refractivity (Wildman–Crippen MR) is 160 cm³/mol. The number of carbonyl (C=O) groups excluding carboxylic acids is 1. The van der Waals surface area contributed by atoms with Crippen molar-refractivity contribution in [3.8, 4) is 23.0 Å². The van der Waals surface area contributed by atoms with Gasteiger partial charge in [-0.05, 0) is 77.6 Å². The van der Waals surface area contributed by atoms with Gasteiger partial charge in [0.05, 0.1) is 5.75 Å². The smallest absolute Gasteiger partial charge is 0.233 e. The van der Waals surface area contributed by atoms with Gasteiger partial charge in [0.1, 0.15) is 23.0 Å². The first kappa shape index (κ1) is 28.9. The normalized spacial score (nSPS) is 20.4. The second-order valence-corrected chi connectivity index (χ2v) is 14.3. The van der Waals surface area contributed by atoms with Crippen LogP contribution in [-0.4, -0.2) is 65.6 Å². The Balaban J connectivity index is 1.17. The predicted octanol–water partition coefficient (Wildman–Crippen LogP) is 6.22. The van der Waals surface area contributed by atoms with E-state index in [-0.39, 0.29) is 35.0 Å². The van der Waals surface area contributed by atoms with E-state index < -0.39 is 0 Å². The van der Waals surface area contributed by atoms with E-state index in [1.807, 2.05) is 23.1 Å². The molecule has 2 aromatic carbocycles. The lowest BCUT2D eigenvalue weighted by Gasteiger charge is -2.33. The highest BCUT2D eigenvalue weighted by Gasteiger charge is 2.35. The minimum Gasteiger partial charge on any atom is -0.507 e. The molecule has 2 saturated heterocycles. The molecule has 1 N–H and O–H groups in total. The molecule has 0 radical (unpaired) electrons. The summed E-state index contributed by atoms with van der Waals surface area (Å²) in [6.07, 6.45) is 3.09. The van der Waals surface area contributed by atoms with Crippen LogP contribution in [0.4, 0.5) is 0 Å². The Hall–Kier alpha value is -2.58. The maximum atomic E-state index is 13.0. The molecular weight excluding hydrogens is 524 g/mol. The lowest BCUT2D eigenvalue weighted by molar-refractivity contribution is -0.128. The number of ether oxygens (including phenoxy) is 3. The van der Waals surface area contributed by atoms with Gasteiger partial charge in [-0.25, -0.2) is 0 Å². The third kappa shape index (κ3) is 6.33. The van der Waals surface area contributed by atoms with Crippen molar-refractivity contribution in [2.45, 2.75) is 83.1 Å². The van der Waals surface area contributed by atoms with Crippen molar-refractivity contribution in [2.75, 3.05) is 38.7 Å². The average molecular weight is 569 g/mol. The molecule has 0 saturated carbocycles. The fraction of sp³-hybridized carbons (Fsp3) is 0.594. The number of amides is 1. The zero-order chi connectivity index (χ0) is 28.7. The number of rotatable bonds is 7. The third-order valence-corrected chi connectivity index (χ3v) is 9.31. The summed E-state index contributed by atoms with van der Waals surface area (Å²) >= 11 is 1.70. The highest BCUT2D eigenvalue weighted by molar-refractivity contribution is 8.00. The molecule has 1 amide bonds. The van der Waals surface area contributed by atoms with Crippen molar-refractivity contribution in [1.29, 1.82) is 0 Å². The van der Waals surface area contributed by atoms with Gasteiger partial charge in [-0.15, -0.1) is 11.8 Å². The number of fused-ring (bicyclic) bond motifs is 1. The zero-order valence-electron chi connectivity index (χ0n) is 24.8. The van der Waals surface area contributed by atoms with Gasteiger partial charge >= 0.3 is 0 Å². The molecule has 8 heteroatoms. The van der Waals surface area contributed by atoms with E-state index in [1.165, 1.54) is 0 Å². The van der Waals surface area contributed by atoms with Gasteiger partial charge in [0.15, 0.2) is 11.5 Å². The molecule has 40 heavy (non-hydrogen) atoms. The highest BCUT2D eigenvalue weighted by Crippen LogP contribution is 2.45. The zero-order valence-corrected chi connectivity index (χ0v) is 25.6. The number of thioether (sulfide) groups is 1. The Kier molecular flexibility index (Phi) is 8.22. The van der Waals surface area contributed by atoms with Gasteiger partial charge in [0.2, 0.25) is 12.7 Å². The summed E-state index contributed by atoms with van der Waals surface area (Å²) in [6, 6.07) is 10.0. The number of phenols is 1. The van der Waals surface area contributed by atoms with E-state index in [0.717, 1.165) is 79.4 Å². The molecule has 5 rings (SSSR count). The molecule has 3 aliphatic heterocycles. The van der Waals surface area contributed by atoms with Crippen molar-refractivity contribution in [3.05, 3.63) is 47.0 Å². The first-order chi connectivity index (χ1) is 18.9. The summed E-state index contributed by atoms with van der Waals surface area (Å²) in [5.74, 6) is 3.44. The number of nitrogens with zero attached hydrogens (tertiary/aromatic N) is 2. The van der Waals surface area contributed by atoms with Gasteiger partial charge in [0.25, 0.3) is 0 Å². The van der Waals surface area contributed by atoms with Crippen LogP contribution < -0.4 is 14.2 Å². The molecule has 2 fully saturated rings. The van der Waals surface area contributed by atoms with Gasteiger partial charge in [-0.2, -0.15) is 0 Å². The Morgan fingerprint density at radius 3 is 2.25 bits per heavy atom. The largest absolute Gasteiger partial charge is 0.507 e. The van der Waals surface area contributed by atoms with Crippen molar-refractivity contribution in [3.63, 3.8) is 0 Å². The Bertz CT molecular complexity index is 1190. The van der Waals surface area contributed by atoms with Gasteiger partial charge < -0.3 is 29.1 Å². The van der Waals surface area contributed by atoms with E-state index in [0.29, 0.717) is 11.5 Å². The van der Waals surface area contributed by atoms with E-state index in [4.69, 9.17) is 14.2 Å². The summed E-state index contributed by atoms with van der Waals surface area (Å²) in [7, 11) is 0. The second-order valence-electron chi connectivity index (χ2n) is 13.2. The fourth-order valence-electron chi connectivity index (χ4n) is 5.77. The van der Waals surface area contributed by atoms with Crippen molar-refractivity contribution >= 4 is 17.7 Å². The highest BCUT2D eigenvalue weighted by atomic mass is 32.2. The molecule has 7 nitrogen and oxygen atoms in total. The lowest BCUT2D eigenvalue weighted by Crippen LogP contribution is -2.40. The molecule has 3 heterocycles. The summed E-state index contributed by atoms with van der Waals surface area (Å²) in [4.78, 5) is 17.5. The summed E-state index contributed by atoms with van der Waals surface area (Å²) in [5.41, 5.74) is 2.61. The first-order valence-electron chi connectivity index (χ1n) is 14.5. The molecule has 1 atom stereocenters. The number of hydrogen-bond donors (Lipinski definition) is 1. The first-order valence-corrected chi connectivity index (χ1v) is 15.5. The van der Waals surface area contributed by atoms with E-state index in [1.54, 1.807) is 11.8 Å². The third-order valence-electron chi connectivity index (χ3n) is 8.06. The second kappa shape index (κ2) is 11.4. The average Bonchev–Trinajstić information content (AvgIpc) is 3.50. The topological polar surface area (TPSA) is 71.5 Å². The minimum atomic E-state index is -0.198. The monoisotopic (exact) mass is 568 g/mol. The van der Waals surface area contributed by atoms with Crippen molar-refractivity contribution in [1.82, 2.24) is 9.80 Å². The molecule has 0 bridgehead atoms. The molecule has 1 unspecified atom stereocenters. The van der Waals surface area contributed by atoms with Crippen LogP contribution in [0.1, 0.15) is 82.9 Å². The van der Waals surface area contributed by atoms with Crippen LogP contribution in [0.3, 0.4) is 0 Å². The van der Waals surface area contributed by atoms with E-state index in [9.17, 15) is 9.90 Å². The Morgan fingerprint density at radius 2 is 1.60 bits per heavy atom. The number of benzene rings is 2.